The lowest BCUT2D eigenvalue weighted by Gasteiger charge is -2.08. The van der Waals surface area contributed by atoms with Gasteiger partial charge in [-0.2, -0.15) is 5.10 Å². The first kappa shape index (κ1) is 16.3. The van der Waals surface area contributed by atoms with E-state index in [1.54, 1.807) is 11.6 Å². The Morgan fingerprint density at radius 3 is 2.83 bits per heavy atom. The molecule has 1 N–H and O–H groups in total. The van der Waals surface area contributed by atoms with Gasteiger partial charge in [-0.3, -0.25) is 4.68 Å². The summed E-state index contributed by atoms with van der Waals surface area (Å²) in [6, 6.07) is 0. The number of thiophene rings is 1. The Morgan fingerprint density at radius 2 is 2.17 bits per heavy atom. The van der Waals surface area contributed by atoms with E-state index >= 15 is 0 Å². The molecule has 3 rings (SSSR count). The summed E-state index contributed by atoms with van der Waals surface area (Å²) in [5, 5.41) is 8.17. The highest BCUT2D eigenvalue weighted by atomic mass is 32.1. The van der Waals surface area contributed by atoms with Gasteiger partial charge in [0, 0.05) is 7.05 Å². The summed E-state index contributed by atoms with van der Waals surface area (Å²) in [7, 11) is 1.83. The van der Waals surface area contributed by atoms with Crippen molar-refractivity contribution in [1.82, 2.24) is 24.7 Å². The van der Waals surface area contributed by atoms with Crippen molar-refractivity contribution in [3.8, 4) is 0 Å². The van der Waals surface area contributed by atoms with Crippen LogP contribution in [0.1, 0.15) is 33.8 Å². The maximum atomic E-state index is 12.1. The largest absolute Gasteiger partial charge is 0.462 e. The lowest BCUT2D eigenvalue weighted by atomic mass is 10.2. The lowest BCUT2D eigenvalue weighted by Crippen LogP contribution is -2.09. The minimum absolute atomic E-state index is 0.324. The molecular formula is C15H18N6O2S. The van der Waals surface area contributed by atoms with Crippen LogP contribution in [0.5, 0.6) is 0 Å². The Labute approximate surface area is 142 Å². The summed E-state index contributed by atoms with van der Waals surface area (Å²) in [4.78, 5) is 26.6. The number of esters is 1. The molecule has 3 aromatic heterocycles. The van der Waals surface area contributed by atoms with Crippen LogP contribution in [0.15, 0.2) is 6.33 Å². The second kappa shape index (κ2) is 6.52. The van der Waals surface area contributed by atoms with Gasteiger partial charge in [0.05, 0.1) is 18.5 Å². The molecule has 3 heterocycles. The zero-order valence-electron chi connectivity index (χ0n) is 14.0. The van der Waals surface area contributed by atoms with Crippen LogP contribution in [0.2, 0.25) is 0 Å². The first-order chi connectivity index (χ1) is 11.5. The second-order valence-electron chi connectivity index (χ2n) is 5.23. The fourth-order valence-corrected chi connectivity index (χ4v) is 3.53. The number of hydrogen-bond acceptors (Lipinski definition) is 8. The number of aryl methyl sites for hydroxylation is 3. The zero-order valence-corrected chi connectivity index (χ0v) is 14.8. The number of nitrogens with one attached hydrogen (secondary N) is 1. The van der Waals surface area contributed by atoms with Gasteiger partial charge in [0.2, 0.25) is 0 Å². The number of anilines is 1. The van der Waals surface area contributed by atoms with E-state index in [-0.39, 0.29) is 5.97 Å². The number of aromatic nitrogens is 5. The number of carbonyl (C=O) groups is 1. The van der Waals surface area contributed by atoms with E-state index in [0.29, 0.717) is 29.7 Å². The molecule has 0 saturated carbocycles. The third-order valence-electron chi connectivity index (χ3n) is 3.58. The van der Waals surface area contributed by atoms with Gasteiger partial charge >= 0.3 is 5.97 Å². The van der Waals surface area contributed by atoms with Crippen molar-refractivity contribution in [3.05, 3.63) is 28.4 Å². The average Bonchev–Trinajstić information content (AvgIpc) is 3.09. The van der Waals surface area contributed by atoms with Crippen LogP contribution < -0.4 is 5.32 Å². The van der Waals surface area contributed by atoms with Gasteiger partial charge in [-0.1, -0.05) is 0 Å². The number of carbonyl (C=O) groups excluding carboxylic acids is 1. The predicted molar refractivity (Wildman–Crippen MR) is 91.2 cm³/mol. The van der Waals surface area contributed by atoms with E-state index in [2.05, 4.69) is 25.4 Å². The fourth-order valence-electron chi connectivity index (χ4n) is 2.41. The molecule has 0 bridgehead atoms. The second-order valence-corrected chi connectivity index (χ2v) is 6.23. The Balaban J connectivity index is 2.00. The van der Waals surface area contributed by atoms with Crippen LogP contribution >= 0.6 is 11.3 Å². The van der Waals surface area contributed by atoms with Crippen molar-refractivity contribution < 1.29 is 9.53 Å². The van der Waals surface area contributed by atoms with Crippen molar-refractivity contribution in [1.29, 1.82) is 0 Å². The summed E-state index contributed by atoms with van der Waals surface area (Å²) < 4.78 is 6.82. The average molecular weight is 346 g/mol. The summed E-state index contributed by atoms with van der Waals surface area (Å²) in [6.07, 6.45) is 1.51. The molecule has 0 fully saturated rings. The van der Waals surface area contributed by atoms with Crippen molar-refractivity contribution in [2.45, 2.75) is 27.3 Å². The van der Waals surface area contributed by atoms with E-state index in [1.807, 2.05) is 20.9 Å². The topological polar surface area (TPSA) is 94.8 Å². The molecule has 0 aromatic carbocycles. The smallest absolute Gasteiger partial charge is 0.348 e. The highest BCUT2D eigenvalue weighted by Crippen LogP contribution is 2.34. The maximum Gasteiger partial charge on any atom is 0.348 e. The monoisotopic (exact) mass is 346 g/mol. The van der Waals surface area contributed by atoms with Crippen molar-refractivity contribution >= 4 is 33.3 Å². The number of hydrogen-bond donors (Lipinski definition) is 1. The van der Waals surface area contributed by atoms with Gasteiger partial charge in [-0.25, -0.2) is 19.7 Å². The van der Waals surface area contributed by atoms with Crippen LogP contribution in [0.25, 0.3) is 10.2 Å². The van der Waals surface area contributed by atoms with Crippen LogP contribution in [-0.4, -0.2) is 37.3 Å². The SMILES string of the molecule is CCOC(=O)c1sc2nc(C)nc(NCc3ncnn3C)c2c1C. The summed E-state index contributed by atoms with van der Waals surface area (Å²) >= 11 is 1.33. The van der Waals surface area contributed by atoms with E-state index in [9.17, 15) is 4.79 Å². The van der Waals surface area contributed by atoms with Crippen LogP contribution in [0.3, 0.4) is 0 Å². The first-order valence-corrected chi connectivity index (χ1v) is 8.34. The summed E-state index contributed by atoms with van der Waals surface area (Å²) in [5.41, 5.74) is 0.828. The predicted octanol–water partition coefficient (Wildman–Crippen LogP) is 2.23. The highest BCUT2D eigenvalue weighted by molar-refractivity contribution is 7.20. The standard InChI is InChI=1S/C15H18N6O2S/c1-5-23-15(22)12-8(2)11-13(19-9(3)20-14(11)24-12)16-6-10-17-7-18-21(10)4/h7H,5-6H2,1-4H3,(H,16,19,20). The van der Waals surface area contributed by atoms with Gasteiger partial charge in [0.25, 0.3) is 0 Å². The zero-order chi connectivity index (χ0) is 17.3. The van der Waals surface area contributed by atoms with E-state index in [0.717, 1.165) is 21.6 Å². The number of nitrogens with zero attached hydrogens (tertiary/aromatic N) is 5. The lowest BCUT2D eigenvalue weighted by molar-refractivity contribution is 0.0531. The number of fused-ring (bicyclic) bond motifs is 1. The molecule has 0 amide bonds. The maximum absolute atomic E-state index is 12.1. The molecule has 0 atom stereocenters. The molecule has 0 aliphatic carbocycles. The Bertz CT molecular complexity index is 901. The molecule has 0 spiro atoms. The van der Waals surface area contributed by atoms with Gasteiger partial charge in [0.15, 0.2) is 0 Å². The Kier molecular flexibility index (Phi) is 4.43. The van der Waals surface area contributed by atoms with Crippen molar-refractivity contribution in [2.75, 3.05) is 11.9 Å². The van der Waals surface area contributed by atoms with Crippen LogP contribution in [0.4, 0.5) is 5.82 Å². The molecule has 0 aliphatic rings. The third-order valence-corrected chi connectivity index (χ3v) is 4.75. The Hall–Kier alpha value is -2.55. The van der Waals surface area contributed by atoms with Gasteiger partial charge in [0.1, 0.15) is 33.5 Å². The molecule has 0 aliphatic heterocycles. The molecule has 3 aromatic rings. The number of ether oxygens (including phenoxy) is 1. The highest BCUT2D eigenvalue weighted by Gasteiger charge is 2.21. The molecular weight excluding hydrogens is 328 g/mol. The van der Waals surface area contributed by atoms with Crippen LogP contribution in [-0.2, 0) is 18.3 Å². The third kappa shape index (κ3) is 2.94. The normalized spacial score (nSPS) is 11.0. The quantitative estimate of drug-likeness (QED) is 0.708. The summed E-state index contributed by atoms with van der Waals surface area (Å²) in [5.74, 6) is 1.79. The number of rotatable bonds is 5. The van der Waals surface area contributed by atoms with Gasteiger partial charge in [-0.15, -0.1) is 11.3 Å². The molecule has 0 saturated heterocycles. The van der Waals surface area contributed by atoms with Crippen LogP contribution in [0, 0.1) is 13.8 Å². The summed E-state index contributed by atoms with van der Waals surface area (Å²) in [6.45, 7) is 6.32. The van der Waals surface area contributed by atoms with E-state index in [1.165, 1.54) is 17.7 Å². The Morgan fingerprint density at radius 1 is 1.38 bits per heavy atom. The fraction of sp³-hybridized carbons (Fsp3) is 0.400. The molecule has 0 radical (unpaired) electrons. The van der Waals surface area contributed by atoms with Crippen molar-refractivity contribution in [3.63, 3.8) is 0 Å². The molecule has 24 heavy (non-hydrogen) atoms. The van der Waals surface area contributed by atoms with Gasteiger partial charge in [-0.05, 0) is 26.3 Å². The minimum Gasteiger partial charge on any atom is -0.462 e. The molecule has 126 valence electrons. The molecule has 8 nitrogen and oxygen atoms in total. The molecule has 0 unspecified atom stereocenters. The van der Waals surface area contributed by atoms with E-state index in [4.69, 9.17) is 4.74 Å². The van der Waals surface area contributed by atoms with Gasteiger partial charge < -0.3 is 10.1 Å². The minimum atomic E-state index is -0.324. The first-order valence-electron chi connectivity index (χ1n) is 7.52. The van der Waals surface area contributed by atoms with Crippen molar-refractivity contribution in [2.24, 2.45) is 7.05 Å². The van der Waals surface area contributed by atoms with E-state index < -0.39 is 0 Å². The molecule has 9 heteroatoms.